The minimum atomic E-state index is -0.799. The molecule has 0 bridgehead atoms. The van der Waals surface area contributed by atoms with E-state index in [1.54, 1.807) is 24.3 Å². The Labute approximate surface area is 196 Å². The maximum absolute atomic E-state index is 12.3. The number of amides is 2. The van der Waals surface area contributed by atoms with Gasteiger partial charge in [0.1, 0.15) is 18.1 Å². The fourth-order valence-electron chi connectivity index (χ4n) is 3.69. The second-order valence-corrected chi connectivity index (χ2v) is 8.00. The van der Waals surface area contributed by atoms with Crippen molar-refractivity contribution < 1.29 is 28.6 Å². The van der Waals surface area contributed by atoms with Gasteiger partial charge in [-0.25, -0.2) is 9.59 Å². The molecule has 0 aliphatic carbocycles. The number of ether oxygens (including phenoxy) is 3. The molecule has 174 valence electrons. The van der Waals surface area contributed by atoms with Crippen LogP contribution in [0.1, 0.15) is 46.8 Å². The van der Waals surface area contributed by atoms with Gasteiger partial charge < -0.3 is 25.3 Å². The number of benzene rings is 2. The highest BCUT2D eigenvalue weighted by atomic mass is 35.5. The number of hydrogen-bond acceptors (Lipinski definition) is 6. The number of nitrogens with one attached hydrogen (secondary N) is 1. The van der Waals surface area contributed by atoms with Gasteiger partial charge in [-0.2, -0.15) is 0 Å². The van der Waals surface area contributed by atoms with Crippen LogP contribution < -0.4 is 20.5 Å². The van der Waals surface area contributed by atoms with E-state index in [0.717, 1.165) is 11.1 Å². The van der Waals surface area contributed by atoms with Crippen LogP contribution in [0, 0.1) is 6.92 Å². The summed E-state index contributed by atoms with van der Waals surface area (Å²) in [6.45, 7) is 3.82. The van der Waals surface area contributed by atoms with E-state index in [4.69, 9.17) is 31.5 Å². The first-order valence-corrected chi connectivity index (χ1v) is 10.7. The lowest BCUT2D eigenvalue weighted by molar-refractivity contribution is -0.134. The Balaban J connectivity index is 1.79. The number of para-hydroxylation sites is 1. The Morgan fingerprint density at radius 2 is 2.00 bits per heavy atom. The largest absolute Gasteiger partial charge is 0.496 e. The highest BCUT2D eigenvalue weighted by Crippen LogP contribution is 2.41. The van der Waals surface area contributed by atoms with Crippen molar-refractivity contribution >= 4 is 35.3 Å². The lowest BCUT2D eigenvalue weighted by atomic mass is 9.93. The number of fused-ring (bicyclic) bond motifs is 1. The third-order valence-electron chi connectivity index (χ3n) is 5.36. The molecule has 1 heterocycles. The number of primary amides is 1. The molecule has 0 fully saturated rings. The molecule has 0 saturated heterocycles. The number of cyclic esters (lactones) is 1. The van der Waals surface area contributed by atoms with Crippen LogP contribution in [-0.2, 0) is 22.6 Å². The first kappa shape index (κ1) is 24.1. The molecular weight excluding hydrogens is 448 g/mol. The molecule has 2 aromatic carbocycles. The van der Waals surface area contributed by atoms with Gasteiger partial charge >= 0.3 is 18.0 Å². The third-order valence-corrected chi connectivity index (χ3v) is 5.68. The topological polar surface area (TPSA) is 117 Å². The Hall–Kier alpha value is -3.52. The number of hydrogen-bond donors (Lipinski definition) is 2. The van der Waals surface area contributed by atoms with Crippen molar-refractivity contribution in [2.75, 3.05) is 12.4 Å². The zero-order chi connectivity index (χ0) is 24.1. The summed E-state index contributed by atoms with van der Waals surface area (Å²) in [5, 5.41) is 2.92. The molecule has 9 heteroatoms. The van der Waals surface area contributed by atoms with Crippen LogP contribution in [0.15, 0.2) is 35.9 Å². The molecule has 8 nitrogen and oxygen atoms in total. The predicted molar refractivity (Wildman–Crippen MR) is 124 cm³/mol. The molecule has 33 heavy (non-hydrogen) atoms. The molecule has 1 aliphatic rings. The molecule has 0 radical (unpaired) electrons. The first-order valence-electron chi connectivity index (χ1n) is 10.3. The first-order chi connectivity index (χ1) is 15.7. The second-order valence-electron chi connectivity index (χ2n) is 7.59. The molecule has 0 aromatic heterocycles. The zero-order valence-corrected chi connectivity index (χ0v) is 19.4. The lowest BCUT2D eigenvalue weighted by Gasteiger charge is -2.19. The summed E-state index contributed by atoms with van der Waals surface area (Å²) in [6, 6.07) is 5.97. The number of rotatable bonds is 8. The number of nitrogens with two attached hydrogens (primary N) is 1. The number of urea groups is 1. The minimum absolute atomic E-state index is 0.104. The summed E-state index contributed by atoms with van der Waals surface area (Å²) >= 11 is 6.02. The van der Waals surface area contributed by atoms with Crippen LogP contribution in [0.4, 0.5) is 10.5 Å². The van der Waals surface area contributed by atoms with Crippen molar-refractivity contribution in [3.8, 4) is 11.5 Å². The Morgan fingerprint density at radius 1 is 1.27 bits per heavy atom. The highest BCUT2D eigenvalue weighted by molar-refractivity contribution is 6.32. The SMILES string of the molecule is COc1c(C)c2c(c(NC(N)=O)c1CC=C(C)CCC(=O)Oc1ccccc1Cl)C(=O)OC2. The van der Waals surface area contributed by atoms with Crippen molar-refractivity contribution in [3.05, 3.63) is 63.2 Å². The molecule has 0 spiro atoms. The number of methoxy groups -OCH3 is 1. The van der Waals surface area contributed by atoms with Gasteiger partial charge in [0, 0.05) is 17.5 Å². The molecule has 3 N–H and O–H groups in total. The number of carbonyl (C=O) groups is 3. The van der Waals surface area contributed by atoms with Crippen molar-refractivity contribution in [2.24, 2.45) is 5.73 Å². The summed E-state index contributed by atoms with van der Waals surface area (Å²) in [5.41, 5.74) is 8.86. The summed E-state index contributed by atoms with van der Waals surface area (Å²) < 4.78 is 16.1. The maximum Gasteiger partial charge on any atom is 0.341 e. The standard InChI is InChI=1S/C24H25ClN2O6/c1-13(9-11-19(28)33-18-7-5-4-6-17(18)25)8-10-15-21(27-24(26)30)20-16(12-32-23(20)29)14(2)22(15)31-3/h4-8H,9-12H2,1-3H3,(H3,26,27,30). The lowest BCUT2D eigenvalue weighted by Crippen LogP contribution is -2.22. The molecule has 2 aromatic rings. The van der Waals surface area contributed by atoms with Crippen molar-refractivity contribution in [1.82, 2.24) is 0 Å². The summed E-state index contributed by atoms with van der Waals surface area (Å²) in [4.78, 5) is 36.2. The van der Waals surface area contributed by atoms with E-state index in [9.17, 15) is 14.4 Å². The van der Waals surface area contributed by atoms with Crippen LogP contribution in [0.3, 0.4) is 0 Å². The van der Waals surface area contributed by atoms with Crippen molar-refractivity contribution in [2.45, 2.75) is 39.7 Å². The van der Waals surface area contributed by atoms with E-state index in [1.807, 2.05) is 19.9 Å². The summed E-state index contributed by atoms with van der Waals surface area (Å²) in [6.07, 6.45) is 2.85. The van der Waals surface area contributed by atoms with Gasteiger partial charge in [0.25, 0.3) is 0 Å². The monoisotopic (exact) mass is 472 g/mol. The number of esters is 2. The second kappa shape index (κ2) is 10.4. The van der Waals surface area contributed by atoms with Crippen LogP contribution in [-0.4, -0.2) is 25.1 Å². The van der Waals surface area contributed by atoms with E-state index >= 15 is 0 Å². The molecule has 2 amide bonds. The molecular formula is C24H25ClN2O6. The minimum Gasteiger partial charge on any atom is -0.496 e. The zero-order valence-electron chi connectivity index (χ0n) is 18.6. The van der Waals surface area contributed by atoms with E-state index < -0.39 is 18.0 Å². The van der Waals surface area contributed by atoms with Gasteiger partial charge in [-0.3, -0.25) is 4.79 Å². The number of anilines is 1. The summed E-state index contributed by atoms with van der Waals surface area (Å²) in [5.74, 6) is -0.0689. The quantitative estimate of drug-likeness (QED) is 0.327. The van der Waals surface area contributed by atoms with Crippen LogP contribution in [0.5, 0.6) is 11.5 Å². The van der Waals surface area contributed by atoms with Crippen molar-refractivity contribution in [1.29, 1.82) is 0 Å². The van der Waals surface area contributed by atoms with Crippen LogP contribution in [0.25, 0.3) is 0 Å². The molecule has 3 rings (SSSR count). The van der Waals surface area contributed by atoms with Gasteiger partial charge in [-0.05, 0) is 44.4 Å². The molecule has 1 aliphatic heterocycles. The van der Waals surface area contributed by atoms with Gasteiger partial charge in [-0.1, -0.05) is 35.4 Å². The highest BCUT2D eigenvalue weighted by Gasteiger charge is 2.32. The Morgan fingerprint density at radius 3 is 2.67 bits per heavy atom. The molecule has 0 atom stereocenters. The van der Waals surface area contributed by atoms with Crippen molar-refractivity contribution in [3.63, 3.8) is 0 Å². The Bertz CT molecular complexity index is 1140. The fourth-order valence-corrected chi connectivity index (χ4v) is 3.87. The van der Waals surface area contributed by atoms with E-state index in [-0.39, 0.29) is 24.3 Å². The average molecular weight is 473 g/mol. The van der Waals surface area contributed by atoms with Gasteiger partial charge in [0.15, 0.2) is 0 Å². The summed E-state index contributed by atoms with van der Waals surface area (Å²) in [7, 11) is 1.52. The molecule has 0 unspecified atom stereocenters. The van der Waals surface area contributed by atoms with E-state index in [0.29, 0.717) is 40.5 Å². The van der Waals surface area contributed by atoms with Gasteiger partial charge in [-0.15, -0.1) is 0 Å². The number of allylic oxidation sites excluding steroid dienone is 2. The van der Waals surface area contributed by atoms with Gasteiger partial charge in [0.05, 0.1) is 23.4 Å². The maximum atomic E-state index is 12.3. The average Bonchev–Trinajstić information content (AvgIpc) is 3.16. The number of carbonyl (C=O) groups excluding carboxylic acids is 3. The number of halogens is 1. The van der Waals surface area contributed by atoms with Crippen LogP contribution >= 0.6 is 11.6 Å². The fraction of sp³-hybridized carbons (Fsp3) is 0.292. The van der Waals surface area contributed by atoms with Gasteiger partial charge in [0.2, 0.25) is 0 Å². The molecule has 0 saturated carbocycles. The van der Waals surface area contributed by atoms with E-state index in [2.05, 4.69) is 5.32 Å². The third kappa shape index (κ3) is 5.46. The van der Waals surface area contributed by atoms with Crippen LogP contribution in [0.2, 0.25) is 5.02 Å². The normalized spacial score (nSPS) is 12.7. The smallest absolute Gasteiger partial charge is 0.341 e. The predicted octanol–water partition coefficient (Wildman–Crippen LogP) is 4.69. The Kier molecular flexibility index (Phi) is 7.60. The van der Waals surface area contributed by atoms with E-state index in [1.165, 1.54) is 7.11 Å².